The van der Waals surface area contributed by atoms with Crippen LogP contribution < -0.4 is 16.0 Å². The Bertz CT molecular complexity index is 1050. The molecule has 0 aromatic heterocycles. The minimum absolute atomic E-state index is 0.0644. The SMILES string of the molecule is COCC(=O)Nc1cccc(NC(=O)c2ccccc2NC(=O)c2ccccc2)c1. The number of nitrogens with one attached hydrogen (secondary N) is 3. The molecule has 0 saturated carbocycles. The second-order valence-electron chi connectivity index (χ2n) is 6.38. The maximum Gasteiger partial charge on any atom is 0.257 e. The molecule has 152 valence electrons. The van der Waals surface area contributed by atoms with Crippen LogP contribution in [0.4, 0.5) is 17.1 Å². The maximum absolute atomic E-state index is 12.8. The van der Waals surface area contributed by atoms with E-state index >= 15 is 0 Å². The number of amides is 3. The summed E-state index contributed by atoms with van der Waals surface area (Å²) in [6.07, 6.45) is 0. The van der Waals surface area contributed by atoms with Gasteiger partial charge in [-0.1, -0.05) is 36.4 Å². The summed E-state index contributed by atoms with van der Waals surface area (Å²) in [4.78, 5) is 36.9. The van der Waals surface area contributed by atoms with Crippen LogP contribution >= 0.6 is 0 Å². The normalized spacial score (nSPS) is 10.2. The molecule has 0 aliphatic rings. The van der Waals surface area contributed by atoms with Crippen molar-refractivity contribution >= 4 is 34.8 Å². The van der Waals surface area contributed by atoms with Gasteiger partial charge in [0.25, 0.3) is 11.8 Å². The third kappa shape index (κ3) is 5.52. The van der Waals surface area contributed by atoms with Crippen molar-refractivity contribution in [2.45, 2.75) is 0 Å². The number of hydrogen-bond donors (Lipinski definition) is 3. The molecule has 0 heterocycles. The number of carbonyl (C=O) groups excluding carboxylic acids is 3. The maximum atomic E-state index is 12.8. The average molecular weight is 403 g/mol. The van der Waals surface area contributed by atoms with Gasteiger partial charge in [-0.05, 0) is 42.5 Å². The molecule has 0 spiro atoms. The predicted octanol–water partition coefficient (Wildman–Crippen LogP) is 3.78. The van der Waals surface area contributed by atoms with Crippen LogP contribution in [0.25, 0.3) is 0 Å². The zero-order valence-corrected chi connectivity index (χ0v) is 16.3. The van der Waals surface area contributed by atoms with Gasteiger partial charge in [0, 0.05) is 24.0 Å². The Labute approximate surface area is 174 Å². The van der Waals surface area contributed by atoms with Gasteiger partial charge in [0.2, 0.25) is 5.91 Å². The summed E-state index contributed by atoms with van der Waals surface area (Å²) in [5.41, 5.74) is 2.23. The fraction of sp³-hybridized carbons (Fsp3) is 0.0870. The Balaban J connectivity index is 1.73. The van der Waals surface area contributed by atoms with E-state index in [-0.39, 0.29) is 24.3 Å². The van der Waals surface area contributed by atoms with E-state index < -0.39 is 0 Å². The molecule has 7 nitrogen and oxygen atoms in total. The number of para-hydroxylation sites is 1. The molecule has 0 saturated heterocycles. The van der Waals surface area contributed by atoms with Crippen molar-refractivity contribution < 1.29 is 19.1 Å². The summed E-state index contributed by atoms with van der Waals surface area (Å²) in [6, 6.07) is 22.3. The summed E-state index contributed by atoms with van der Waals surface area (Å²) in [5.74, 6) is -0.993. The molecule has 7 heteroatoms. The second kappa shape index (κ2) is 9.99. The van der Waals surface area contributed by atoms with E-state index in [1.807, 2.05) is 6.07 Å². The highest BCUT2D eigenvalue weighted by Gasteiger charge is 2.14. The van der Waals surface area contributed by atoms with E-state index in [1.165, 1.54) is 7.11 Å². The van der Waals surface area contributed by atoms with E-state index in [1.54, 1.807) is 72.8 Å². The first-order chi connectivity index (χ1) is 14.6. The Kier molecular flexibility index (Phi) is 6.91. The number of hydrogen-bond acceptors (Lipinski definition) is 4. The van der Waals surface area contributed by atoms with Crippen LogP contribution in [-0.4, -0.2) is 31.4 Å². The fourth-order valence-electron chi connectivity index (χ4n) is 2.78. The summed E-state index contributed by atoms with van der Waals surface area (Å²) in [7, 11) is 1.43. The van der Waals surface area contributed by atoms with Crippen LogP contribution in [0.15, 0.2) is 78.9 Å². The molecule has 0 fully saturated rings. The molecule has 30 heavy (non-hydrogen) atoms. The van der Waals surface area contributed by atoms with Gasteiger partial charge in [0.1, 0.15) is 6.61 Å². The van der Waals surface area contributed by atoms with E-state index in [4.69, 9.17) is 4.74 Å². The zero-order chi connectivity index (χ0) is 21.3. The van der Waals surface area contributed by atoms with Gasteiger partial charge in [0.05, 0.1) is 11.3 Å². The Morgan fingerprint density at radius 3 is 2.13 bits per heavy atom. The molecule has 3 aromatic rings. The zero-order valence-electron chi connectivity index (χ0n) is 16.3. The summed E-state index contributed by atoms with van der Waals surface area (Å²) in [6.45, 7) is -0.0644. The molecular weight excluding hydrogens is 382 g/mol. The third-order valence-electron chi connectivity index (χ3n) is 4.14. The minimum Gasteiger partial charge on any atom is -0.375 e. The average Bonchev–Trinajstić information content (AvgIpc) is 2.75. The lowest BCUT2D eigenvalue weighted by molar-refractivity contribution is -0.119. The van der Waals surface area contributed by atoms with Crippen LogP contribution in [0.3, 0.4) is 0 Å². The number of methoxy groups -OCH3 is 1. The topological polar surface area (TPSA) is 96.5 Å². The number of benzene rings is 3. The standard InChI is InChI=1S/C23H21N3O4/c1-30-15-21(27)24-17-10-7-11-18(14-17)25-23(29)19-12-5-6-13-20(19)26-22(28)16-8-3-2-4-9-16/h2-14H,15H2,1H3,(H,24,27)(H,25,29)(H,26,28). The van der Waals surface area contributed by atoms with E-state index in [0.29, 0.717) is 28.2 Å². The van der Waals surface area contributed by atoms with Crippen molar-refractivity contribution in [3.63, 3.8) is 0 Å². The van der Waals surface area contributed by atoms with Crippen LogP contribution in [0, 0.1) is 0 Å². The molecule has 0 radical (unpaired) electrons. The molecule has 0 atom stereocenters. The van der Waals surface area contributed by atoms with Crippen LogP contribution in [0.1, 0.15) is 20.7 Å². The van der Waals surface area contributed by atoms with Gasteiger partial charge in [-0.15, -0.1) is 0 Å². The van der Waals surface area contributed by atoms with Gasteiger partial charge >= 0.3 is 0 Å². The van der Waals surface area contributed by atoms with Crippen molar-refractivity contribution in [3.8, 4) is 0 Å². The van der Waals surface area contributed by atoms with Crippen molar-refractivity contribution in [1.82, 2.24) is 0 Å². The van der Waals surface area contributed by atoms with Crippen molar-refractivity contribution in [3.05, 3.63) is 90.0 Å². The smallest absolute Gasteiger partial charge is 0.257 e. The Morgan fingerprint density at radius 2 is 1.40 bits per heavy atom. The quantitative estimate of drug-likeness (QED) is 0.559. The molecular formula is C23H21N3O4. The van der Waals surface area contributed by atoms with E-state index in [2.05, 4.69) is 16.0 Å². The van der Waals surface area contributed by atoms with E-state index in [9.17, 15) is 14.4 Å². The first-order valence-electron chi connectivity index (χ1n) is 9.22. The van der Waals surface area contributed by atoms with Crippen molar-refractivity contribution in [2.24, 2.45) is 0 Å². The largest absolute Gasteiger partial charge is 0.375 e. The molecule has 3 rings (SSSR count). The molecule has 0 aliphatic carbocycles. The van der Waals surface area contributed by atoms with Crippen molar-refractivity contribution in [2.75, 3.05) is 29.7 Å². The van der Waals surface area contributed by atoms with Gasteiger partial charge < -0.3 is 20.7 Å². The second-order valence-corrected chi connectivity index (χ2v) is 6.38. The summed E-state index contributed by atoms with van der Waals surface area (Å²) in [5, 5.41) is 8.24. The van der Waals surface area contributed by atoms with Crippen LogP contribution in [-0.2, 0) is 9.53 Å². The number of carbonyl (C=O) groups is 3. The number of anilines is 3. The van der Waals surface area contributed by atoms with Gasteiger partial charge in [0.15, 0.2) is 0 Å². The highest BCUT2D eigenvalue weighted by molar-refractivity contribution is 6.12. The van der Waals surface area contributed by atoms with Gasteiger partial charge in [-0.2, -0.15) is 0 Å². The monoisotopic (exact) mass is 403 g/mol. The van der Waals surface area contributed by atoms with Gasteiger partial charge in [-0.25, -0.2) is 0 Å². The number of rotatable bonds is 7. The lowest BCUT2D eigenvalue weighted by Crippen LogP contribution is -2.19. The molecule has 0 unspecified atom stereocenters. The highest BCUT2D eigenvalue weighted by atomic mass is 16.5. The van der Waals surface area contributed by atoms with Crippen LogP contribution in [0.5, 0.6) is 0 Å². The van der Waals surface area contributed by atoms with E-state index in [0.717, 1.165) is 0 Å². The van der Waals surface area contributed by atoms with Gasteiger partial charge in [-0.3, -0.25) is 14.4 Å². The summed E-state index contributed by atoms with van der Waals surface area (Å²) >= 11 is 0. The van der Waals surface area contributed by atoms with Crippen molar-refractivity contribution in [1.29, 1.82) is 0 Å². The molecule has 0 aliphatic heterocycles. The first-order valence-corrected chi connectivity index (χ1v) is 9.22. The summed E-state index contributed by atoms with van der Waals surface area (Å²) < 4.78 is 4.79. The number of ether oxygens (including phenoxy) is 1. The third-order valence-corrected chi connectivity index (χ3v) is 4.14. The molecule has 0 bridgehead atoms. The lowest BCUT2D eigenvalue weighted by Gasteiger charge is -2.12. The molecule has 3 N–H and O–H groups in total. The highest BCUT2D eigenvalue weighted by Crippen LogP contribution is 2.20. The molecule has 3 amide bonds. The molecule has 3 aromatic carbocycles. The predicted molar refractivity (Wildman–Crippen MR) is 116 cm³/mol. The Hall–Kier alpha value is -3.97. The van der Waals surface area contributed by atoms with Crippen LogP contribution in [0.2, 0.25) is 0 Å². The Morgan fingerprint density at radius 1 is 0.733 bits per heavy atom. The lowest BCUT2D eigenvalue weighted by atomic mass is 10.1. The minimum atomic E-state index is -0.390. The fourth-order valence-corrected chi connectivity index (χ4v) is 2.78. The first kappa shape index (κ1) is 20.8.